The molecule has 0 heterocycles. The number of nitrogens with one attached hydrogen (secondary N) is 2. The van der Waals surface area contributed by atoms with Crippen LogP contribution in [0.4, 0.5) is 0 Å². The maximum absolute atomic E-state index is 12.6. The molecule has 13 heteroatoms. The quantitative estimate of drug-likeness (QED) is 0.0574. The molecular weight excluding hydrogens is 397 g/mol. The molecule has 1 amide bonds. The minimum Gasteiger partial charge on any atom is -0.426 e. The van der Waals surface area contributed by atoms with Gasteiger partial charge in [0.2, 0.25) is 5.91 Å². The summed E-state index contributed by atoms with van der Waals surface area (Å²) in [6.07, 6.45) is 1.12. The monoisotopic (exact) mass is 433 g/mol. The second-order valence-electron chi connectivity index (χ2n) is 7.12. The Morgan fingerprint density at radius 3 is 2.47 bits per heavy atom. The molecule has 0 aliphatic carbocycles. The Balaban J connectivity index is 0. The first-order chi connectivity index (χ1) is 13.6. The number of Topliss-reactive ketones (excluding diaryl/α,β-unsaturated/α-hetero) is 1. The normalized spacial score (nSPS) is 13.2. The van der Waals surface area contributed by atoms with Gasteiger partial charge in [-0.1, -0.05) is 26.7 Å². The number of methoxy groups -OCH3 is 1. The van der Waals surface area contributed by atoms with Crippen LogP contribution in [0.2, 0.25) is 0 Å². The van der Waals surface area contributed by atoms with E-state index in [9.17, 15) is 29.8 Å². The Hall–Kier alpha value is -2.25. The Morgan fingerprint density at radius 2 is 1.97 bits per heavy atom. The fourth-order valence-electron chi connectivity index (χ4n) is 2.65. The zero-order chi connectivity index (χ0) is 22.4. The summed E-state index contributed by atoms with van der Waals surface area (Å²) >= 11 is 0. The van der Waals surface area contributed by atoms with Crippen molar-refractivity contribution in [3.63, 3.8) is 0 Å². The van der Waals surface area contributed by atoms with Crippen LogP contribution in [0, 0.1) is 22.0 Å². The third-order valence-corrected chi connectivity index (χ3v) is 4.04. The van der Waals surface area contributed by atoms with Crippen molar-refractivity contribution in [2.24, 2.45) is 22.6 Å². The molecule has 174 valence electrons. The molecule has 0 aliphatic heterocycles. The molecule has 6 N–H and O–H groups in total. The van der Waals surface area contributed by atoms with Crippen LogP contribution in [0.25, 0.3) is 0 Å². The van der Waals surface area contributed by atoms with Crippen LogP contribution in [-0.4, -0.2) is 66.1 Å². The highest BCUT2D eigenvalue weighted by Gasteiger charge is 2.29. The van der Waals surface area contributed by atoms with Gasteiger partial charge in [-0.3, -0.25) is 9.59 Å². The Morgan fingerprint density at radius 1 is 1.33 bits per heavy atom. The molecule has 0 bridgehead atoms. The van der Waals surface area contributed by atoms with Crippen LogP contribution in [0.3, 0.4) is 0 Å². The predicted octanol–water partition coefficient (Wildman–Crippen LogP) is -0.346. The van der Waals surface area contributed by atoms with E-state index < -0.39 is 29.9 Å². The number of carbonyl (C=O) groups excluding carboxylic acids is 2. The van der Waals surface area contributed by atoms with Crippen molar-refractivity contribution < 1.29 is 29.4 Å². The zero-order valence-electron chi connectivity index (χ0n) is 17.2. The Bertz CT molecular complexity index is 561. The summed E-state index contributed by atoms with van der Waals surface area (Å²) in [4.78, 5) is 38.8. The van der Waals surface area contributed by atoms with Gasteiger partial charge in [0, 0.05) is 32.4 Å². The number of nitrogens with two attached hydrogens (primary N) is 1. The van der Waals surface area contributed by atoms with Crippen molar-refractivity contribution >= 4 is 24.8 Å². The van der Waals surface area contributed by atoms with Crippen LogP contribution < -0.4 is 16.5 Å². The van der Waals surface area contributed by atoms with Gasteiger partial charge in [-0.15, -0.1) is 0 Å². The summed E-state index contributed by atoms with van der Waals surface area (Å²) in [5.41, 5.74) is 7.04. The maximum Gasteiger partial charge on any atom is 0.475 e. The molecule has 0 aromatic heterocycles. The molecule has 12 nitrogen and oxygen atoms in total. The van der Waals surface area contributed by atoms with Crippen molar-refractivity contribution in [1.82, 2.24) is 10.7 Å². The molecule has 0 unspecified atom stereocenters. The van der Waals surface area contributed by atoms with Crippen LogP contribution in [0.1, 0.15) is 53.4 Å². The summed E-state index contributed by atoms with van der Waals surface area (Å²) in [6, 6.07) is 0. The maximum atomic E-state index is 12.6. The van der Waals surface area contributed by atoms with E-state index >= 15 is 0 Å². The first kappa shape index (κ1) is 30.0. The molecule has 0 rings (SSSR count). The molecule has 0 saturated heterocycles. The molecule has 0 saturated carbocycles. The van der Waals surface area contributed by atoms with Gasteiger partial charge in [0.15, 0.2) is 5.03 Å². The number of guanidine groups is 1. The van der Waals surface area contributed by atoms with Gasteiger partial charge in [-0.25, -0.2) is 15.1 Å². The number of hydrazine groups is 1. The second kappa shape index (κ2) is 16.5. The predicted molar refractivity (Wildman–Crippen MR) is 114 cm³/mol. The Kier molecular flexibility index (Phi) is 16.5. The first-order valence-electron chi connectivity index (χ1n) is 9.44. The molecule has 0 fully saturated rings. The van der Waals surface area contributed by atoms with E-state index in [2.05, 4.69) is 10.3 Å². The van der Waals surface area contributed by atoms with Crippen molar-refractivity contribution in [2.75, 3.05) is 20.3 Å². The molecule has 0 aliphatic rings. The number of hydrogen-bond acceptors (Lipinski definition) is 8. The SMILES string of the molecule is C.COCCC(=O)C[C@@H](CCCN=C(N)N[N+](=O)[O-])C(=O)N[C@@H](CC(C)C)B(O)O. The summed E-state index contributed by atoms with van der Waals surface area (Å²) < 4.78 is 4.87. The molecule has 2 atom stereocenters. The molecule has 0 spiro atoms. The third kappa shape index (κ3) is 14.7. The van der Waals surface area contributed by atoms with Crippen molar-refractivity contribution in [3.8, 4) is 0 Å². The van der Waals surface area contributed by atoms with Crippen molar-refractivity contribution in [2.45, 2.75) is 59.3 Å². The van der Waals surface area contributed by atoms with Crippen LogP contribution in [0.15, 0.2) is 4.99 Å². The number of ketones is 1. The van der Waals surface area contributed by atoms with Crippen molar-refractivity contribution in [3.05, 3.63) is 10.1 Å². The number of nitro groups is 1. The van der Waals surface area contributed by atoms with E-state index in [0.29, 0.717) is 12.8 Å². The highest BCUT2D eigenvalue weighted by molar-refractivity contribution is 6.43. The number of ether oxygens (including phenoxy) is 1. The van der Waals surface area contributed by atoms with Gasteiger partial charge >= 0.3 is 7.12 Å². The van der Waals surface area contributed by atoms with E-state index in [-0.39, 0.29) is 57.5 Å². The highest BCUT2D eigenvalue weighted by atomic mass is 16.7. The molecular formula is C17H36BN5O7. The summed E-state index contributed by atoms with van der Waals surface area (Å²) in [6.45, 7) is 4.13. The average molecular weight is 433 g/mol. The smallest absolute Gasteiger partial charge is 0.426 e. The van der Waals surface area contributed by atoms with Gasteiger partial charge in [-0.05, 0) is 25.2 Å². The van der Waals surface area contributed by atoms with Gasteiger partial charge in [-0.2, -0.15) is 0 Å². The lowest BCUT2D eigenvalue weighted by atomic mass is 9.74. The number of carbonyl (C=O) groups is 2. The van der Waals surface area contributed by atoms with Gasteiger partial charge in [0.1, 0.15) is 5.78 Å². The van der Waals surface area contributed by atoms with E-state index in [4.69, 9.17) is 10.5 Å². The van der Waals surface area contributed by atoms with Crippen LogP contribution in [0.5, 0.6) is 0 Å². The van der Waals surface area contributed by atoms with E-state index in [0.717, 1.165) is 0 Å². The molecule has 0 aromatic rings. The second-order valence-corrected chi connectivity index (χ2v) is 7.12. The lowest BCUT2D eigenvalue weighted by Crippen LogP contribution is -2.49. The summed E-state index contributed by atoms with van der Waals surface area (Å²) in [5.74, 6) is -2.41. The summed E-state index contributed by atoms with van der Waals surface area (Å²) in [7, 11) is -0.248. The Labute approximate surface area is 177 Å². The van der Waals surface area contributed by atoms with Gasteiger partial charge in [0.05, 0.1) is 12.5 Å². The number of nitrogens with zero attached hydrogens (tertiary/aromatic N) is 2. The third-order valence-electron chi connectivity index (χ3n) is 4.04. The van der Waals surface area contributed by atoms with Gasteiger partial charge in [0.25, 0.3) is 5.96 Å². The number of aliphatic imine (C=N–C) groups is 1. The molecule has 30 heavy (non-hydrogen) atoms. The van der Waals surface area contributed by atoms with E-state index in [1.807, 2.05) is 13.8 Å². The fraction of sp³-hybridized carbons (Fsp3) is 0.824. The van der Waals surface area contributed by atoms with E-state index in [1.54, 1.807) is 5.43 Å². The minimum atomic E-state index is -1.72. The molecule has 0 aromatic carbocycles. The minimum absolute atomic E-state index is 0. The average Bonchev–Trinajstić information content (AvgIpc) is 2.60. The lowest BCUT2D eigenvalue weighted by Gasteiger charge is -2.23. The standard InChI is InChI=1S/C16H32BN5O7.CH4/c1-11(2)9-14(17(25)26)20-15(24)12(10-13(23)6-8-29-3)5-4-7-19-16(18)21-22(27)28;/h11-12,14,25-26H,4-10H2,1-3H3,(H,20,24)(H3,18,19,21);1H4/t12-,14+;/m1./s1. The number of hydrogen-bond donors (Lipinski definition) is 5. The summed E-state index contributed by atoms with van der Waals surface area (Å²) in [5, 5.41) is 31.0. The van der Waals surface area contributed by atoms with Crippen LogP contribution in [-0.2, 0) is 14.3 Å². The van der Waals surface area contributed by atoms with Gasteiger partial charge < -0.3 is 25.8 Å². The molecule has 0 radical (unpaired) electrons. The van der Waals surface area contributed by atoms with Crippen molar-refractivity contribution in [1.29, 1.82) is 0 Å². The fourth-order valence-corrected chi connectivity index (χ4v) is 2.65. The lowest BCUT2D eigenvalue weighted by molar-refractivity contribution is -0.525. The number of amides is 1. The topological polar surface area (TPSA) is 189 Å². The number of rotatable bonds is 15. The van der Waals surface area contributed by atoms with E-state index in [1.165, 1.54) is 7.11 Å². The zero-order valence-corrected chi connectivity index (χ0v) is 17.2. The first-order valence-corrected chi connectivity index (χ1v) is 9.44. The van der Waals surface area contributed by atoms with Crippen LogP contribution >= 0.6 is 0 Å². The largest absolute Gasteiger partial charge is 0.475 e. The highest BCUT2D eigenvalue weighted by Crippen LogP contribution is 2.16.